The molecule has 0 aromatic heterocycles. The predicted molar refractivity (Wildman–Crippen MR) is 244 cm³/mol. The molecule has 1 aliphatic carbocycles. The summed E-state index contributed by atoms with van der Waals surface area (Å²) < 4.78 is 34.2. The maximum atomic E-state index is 12.8. The smallest absolute Gasteiger partial charge is 0.457 e. The van der Waals surface area contributed by atoms with E-state index in [4.69, 9.17) is 18.5 Å². The minimum atomic E-state index is -5.03. The fraction of sp³-hybridized carbons (Fsp3) is 0.771. The van der Waals surface area contributed by atoms with Crippen molar-refractivity contribution < 1.29 is 58.3 Å². The largest absolute Gasteiger partial charge is 0.472 e. The van der Waals surface area contributed by atoms with Gasteiger partial charge in [0.25, 0.3) is 0 Å². The number of unbranched alkanes of at least 4 members (excludes halogenated alkanes) is 17. The van der Waals surface area contributed by atoms with E-state index in [0.29, 0.717) is 13.0 Å². The number of ether oxygens (including phenoxy) is 2. The number of phosphoric ester groups is 1. The molecule has 6 atom stereocenters. The normalized spacial score (nSPS) is 22.7. The third-order valence-electron chi connectivity index (χ3n) is 10.6. The van der Waals surface area contributed by atoms with Gasteiger partial charge < -0.3 is 39.9 Å². The fourth-order valence-electron chi connectivity index (χ4n) is 6.87. The summed E-state index contributed by atoms with van der Waals surface area (Å²) >= 11 is 0. The summed E-state index contributed by atoms with van der Waals surface area (Å²) in [7, 11) is -5.03. The van der Waals surface area contributed by atoms with E-state index in [2.05, 4.69) is 74.6 Å². The lowest BCUT2D eigenvalue weighted by Gasteiger charge is -2.41. The van der Waals surface area contributed by atoms with E-state index in [0.717, 1.165) is 96.3 Å². The predicted octanol–water partition coefficient (Wildman–Crippen LogP) is 9.81. The SMILES string of the molecule is CC/C=C\C/C=C\C/C=C\C/C=C\CCCCCCCCCOCC(COP(=O)(O)OC1C(O)C(O)C(O)C(O)C1O)OC(=O)CCCCCCC/C=C\CCCCCCC. The van der Waals surface area contributed by atoms with Crippen LogP contribution in [0, 0.1) is 0 Å². The molecule has 0 bridgehead atoms. The molecule has 1 saturated carbocycles. The zero-order valence-corrected chi connectivity index (χ0v) is 38.6. The van der Waals surface area contributed by atoms with Gasteiger partial charge in [-0.25, -0.2) is 4.57 Å². The standard InChI is InChI=1S/C48H85O12P/c1-3-5-7-9-11-13-15-17-19-20-21-22-23-24-26-28-30-32-34-36-38-57-39-41(40-58-61(55,56)60-48-46(53)44(51)43(50)45(52)47(48)54)59-42(49)37-35-33-31-29-27-25-18-16-14-12-10-8-6-4-2/h5,7,11,13,16-19,21-22,41,43-48,50-54H,3-4,6,8-10,12,14-15,20,23-40H2,1-2H3,(H,55,56)/b7-5-,13-11-,18-16-,19-17-,22-21-. The summed E-state index contributed by atoms with van der Waals surface area (Å²) in [5.74, 6) is -0.492. The molecule has 0 saturated heterocycles. The number of phosphoric acid groups is 1. The monoisotopic (exact) mass is 885 g/mol. The van der Waals surface area contributed by atoms with E-state index in [1.807, 2.05) is 0 Å². The van der Waals surface area contributed by atoms with Crippen LogP contribution in [0.4, 0.5) is 0 Å². The maximum absolute atomic E-state index is 12.8. The third-order valence-corrected chi connectivity index (χ3v) is 11.6. The molecule has 61 heavy (non-hydrogen) atoms. The molecule has 0 aromatic rings. The number of carbonyl (C=O) groups is 1. The highest BCUT2D eigenvalue weighted by Crippen LogP contribution is 2.47. The van der Waals surface area contributed by atoms with E-state index in [1.54, 1.807) is 0 Å². The van der Waals surface area contributed by atoms with Crippen molar-refractivity contribution in [3.63, 3.8) is 0 Å². The van der Waals surface area contributed by atoms with E-state index < -0.39 is 63.1 Å². The molecule has 0 radical (unpaired) electrons. The van der Waals surface area contributed by atoms with Crippen molar-refractivity contribution in [2.24, 2.45) is 0 Å². The second kappa shape index (κ2) is 38.5. The van der Waals surface area contributed by atoms with Gasteiger partial charge in [-0.1, -0.05) is 152 Å². The zero-order valence-electron chi connectivity index (χ0n) is 37.7. The molecule has 6 unspecified atom stereocenters. The lowest BCUT2D eigenvalue weighted by atomic mass is 9.85. The van der Waals surface area contributed by atoms with Gasteiger partial charge in [-0.05, 0) is 77.0 Å². The van der Waals surface area contributed by atoms with E-state index >= 15 is 0 Å². The van der Waals surface area contributed by atoms with Crippen LogP contribution < -0.4 is 0 Å². The Morgan fingerprint density at radius 1 is 0.541 bits per heavy atom. The average Bonchev–Trinajstić information content (AvgIpc) is 3.24. The van der Waals surface area contributed by atoms with Crippen LogP contribution >= 0.6 is 7.82 Å². The van der Waals surface area contributed by atoms with Crippen molar-refractivity contribution in [2.75, 3.05) is 19.8 Å². The number of hydrogen-bond donors (Lipinski definition) is 6. The van der Waals surface area contributed by atoms with Crippen LogP contribution in [0.3, 0.4) is 0 Å². The van der Waals surface area contributed by atoms with Crippen LogP contribution in [-0.2, 0) is 27.9 Å². The Bertz CT molecular complexity index is 1240. The highest BCUT2D eigenvalue weighted by molar-refractivity contribution is 7.47. The minimum Gasteiger partial charge on any atom is -0.457 e. The number of rotatable bonds is 39. The Balaban J connectivity index is 2.39. The fourth-order valence-corrected chi connectivity index (χ4v) is 7.84. The van der Waals surface area contributed by atoms with Gasteiger partial charge in [0, 0.05) is 13.0 Å². The molecular weight excluding hydrogens is 799 g/mol. The van der Waals surface area contributed by atoms with Crippen LogP contribution in [0.25, 0.3) is 0 Å². The average molecular weight is 885 g/mol. The summed E-state index contributed by atoms with van der Waals surface area (Å²) in [6.45, 7) is 4.10. The Kier molecular flexibility index (Phi) is 36.0. The van der Waals surface area contributed by atoms with Crippen molar-refractivity contribution in [2.45, 2.75) is 217 Å². The van der Waals surface area contributed by atoms with Gasteiger partial charge in [-0.2, -0.15) is 0 Å². The number of esters is 1. The first-order valence-electron chi connectivity index (χ1n) is 23.6. The van der Waals surface area contributed by atoms with Crippen molar-refractivity contribution >= 4 is 13.8 Å². The molecule has 0 aliphatic heterocycles. The molecule has 0 spiro atoms. The molecular formula is C48H85O12P. The summed E-state index contributed by atoms with van der Waals surface area (Å²) in [4.78, 5) is 23.2. The van der Waals surface area contributed by atoms with Gasteiger partial charge in [0.15, 0.2) is 0 Å². The Labute approximate surface area is 368 Å². The van der Waals surface area contributed by atoms with Gasteiger partial charge in [0.2, 0.25) is 0 Å². The molecule has 0 heterocycles. The summed E-state index contributed by atoms with van der Waals surface area (Å²) in [6, 6.07) is 0. The van der Waals surface area contributed by atoms with Crippen LogP contribution in [-0.4, -0.2) is 98.9 Å². The van der Waals surface area contributed by atoms with Gasteiger partial charge >= 0.3 is 13.8 Å². The van der Waals surface area contributed by atoms with Gasteiger partial charge in [-0.3, -0.25) is 13.8 Å². The van der Waals surface area contributed by atoms with E-state index in [9.17, 15) is 39.8 Å². The lowest BCUT2D eigenvalue weighted by molar-refractivity contribution is -0.220. The van der Waals surface area contributed by atoms with Gasteiger partial charge in [-0.15, -0.1) is 0 Å². The number of aliphatic hydroxyl groups excluding tert-OH is 5. The summed E-state index contributed by atoms with van der Waals surface area (Å²) in [5.41, 5.74) is 0. The number of hydrogen-bond acceptors (Lipinski definition) is 11. The first-order chi connectivity index (χ1) is 29.5. The van der Waals surface area contributed by atoms with Crippen LogP contribution in [0.15, 0.2) is 60.8 Å². The quantitative estimate of drug-likeness (QED) is 0.0148. The van der Waals surface area contributed by atoms with E-state index in [-0.39, 0.29) is 13.0 Å². The van der Waals surface area contributed by atoms with Gasteiger partial charge in [0.05, 0.1) is 13.2 Å². The minimum absolute atomic E-state index is 0.0897. The third kappa shape index (κ3) is 30.7. The van der Waals surface area contributed by atoms with Crippen molar-refractivity contribution in [1.82, 2.24) is 0 Å². The Morgan fingerprint density at radius 3 is 1.49 bits per heavy atom. The molecule has 12 nitrogen and oxygen atoms in total. The van der Waals surface area contributed by atoms with Crippen molar-refractivity contribution in [3.8, 4) is 0 Å². The number of aliphatic hydroxyl groups is 5. The Morgan fingerprint density at radius 2 is 0.967 bits per heavy atom. The highest BCUT2D eigenvalue weighted by Gasteiger charge is 2.51. The maximum Gasteiger partial charge on any atom is 0.472 e. The van der Waals surface area contributed by atoms with Crippen LogP contribution in [0.5, 0.6) is 0 Å². The topological polar surface area (TPSA) is 192 Å². The number of allylic oxidation sites excluding steroid dienone is 10. The molecule has 0 amide bonds. The molecule has 354 valence electrons. The molecule has 0 aromatic carbocycles. The lowest BCUT2D eigenvalue weighted by Crippen LogP contribution is -2.64. The molecule has 1 rings (SSSR count). The Hall–Kier alpha value is -1.96. The second-order valence-electron chi connectivity index (χ2n) is 16.2. The highest BCUT2D eigenvalue weighted by atomic mass is 31.2. The second-order valence-corrected chi connectivity index (χ2v) is 17.6. The van der Waals surface area contributed by atoms with Crippen LogP contribution in [0.2, 0.25) is 0 Å². The molecule has 13 heteroatoms. The van der Waals surface area contributed by atoms with E-state index in [1.165, 1.54) is 51.4 Å². The molecule has 1 fully saturated rings. The van der Waals surface area contributed by atoms with Crippen LogP contribution in [0.1, 0.15) is 174 Å². The first-order valence-corrected chi connectivity index (χ1v) is 25.1. The summed E-state index contributed by atoms with van der Waals surface area (Å²) in [5, 5.41) is 50.2. The number of carbonyl (C=O) groups excluding carboxylic acids is 1. The van der Waals surface area contributed by atoms with Crippen molar-refractivity contribution in [3.05, 3.63) is 60.8 Å². The van der Waals surface area contributed by atoms with Gasteiger partial charge in [0.1, 0.15) is 42.7 Å². The molecule has 1 aliphatic rings. The zero-order chi connectivity index (χ0) is 44.8. The first kappa shape index (κ1) is 57.1. The molecule has 6 N–H and O–H groups in total. The summed E-state index contributed by atoms with van der Waals surface area (Å²) in [6.07, 6.45) is 35.7. The van der Waals surface area contributed by atoms with Crippen molar-refractivity contribution in [1.29, 1.82) is 0 Å².